The van der Waals surface area contributed by atoms with Crippen molar-refractivity contribution in [1.82, 2.24) is 0 Å². The molecule has 0 fully saturated rings. The van der Waals surface area contributed by atoms with E-state index in [1.807, 2.05) is 0 Å². The van der Waals surface area contributed by atoms with Crippen LogP contribution in [0.4, 0.5) is 0 Å². The first-order valence-electron chi connectivity index (χ1n) is 3.68. The Morgan fingerprint density at radius 2 is 2.00 bits per heavy atom. The first-order chi connectivity index (χ1) is 5.37. The Morgan fingerprint density at radius 3 is 2.33 bits per heavy atom. The molecule has 6 heteroatoms. The van der Waals surface area contributed by atoms with E-state index in [2.05, 4.69) is 0 Å². The topological polar surface area (TPSA) is 101 Å². The molecule has 0 spiro atoms. The van der Waals surface area contributed by atoms with Crippen LogP contribution >= 0.6 is 0 Å². The van der Waals surface area contributed by atoms with E-state index in [0.717, 1.165) is 0 Å². The summed E-state index contributed by atoms with van der Waals surface area (Å²) in [4.78, 5) is 0. The SMILES string of the molecule is C[C@@H](CO)C(N)CCS(=O)(=O)O. The number of nitrogens with two attached hydrogens (primary N) is 1. The molecule has 0 saturated heterocycles. The Bertz CT molecular complexity index is 214. The van der Waals surface area contributed by atoms with E-state index in [4.69, 9.17) is 15.4 Å². The van der Waals surface area contributed by atoms with Crippen molar-refractivity contribution in [2.24, 2.45) is 11.7 Å². The van der Waals surface area contributed by atoms with Gasteiger partial charge in [-0.1, -0.05) is 6.92 Å². The smallest absolute Gasteiger partial charge is 0.264 e. The van der Waals surface area contributed by atoms with Crippen molar-refractivity contribution in [3.8, 4) is 0 Å². The van der Waals surface area contributed by atoms with Crippen LogP contribution in [0.5, 0.6) is 0 Å². The highest BCUT2D eigenvalue weighted by molar-refractivity contribution is 7.85. The van der Waals surface area contributed by atoms with E-state index in [1.54, 1.807) is 6.92 Å². The van der Waals surface area contributed by atoms with E-state index >= 15 is 0 Å². The molecule has 0 aliphatic rings. The molecule has 0 saturated carbocycles. The predicted molar refractivity (Wildman–Crippen MR) is 45.3 cm³/mol. The quantitative estimate of drug-likeness (QED) is 0.502. The summed E-state index contributed by atoms with van der Waals surface area (Å²) in [6.45, 7) is 1.64. The van der Waals surface area contributed by atoms with Gasteiger partial charge in [0.1, 0.15) is 0 Å². The molecular weight excluding hydrogens is 182 g/mol. The van der Waals surface area contributed by atoms with Crippen molar-refractivity contribution in [2.75, 3.05) is 12.4 Å². The van der Waals surface area contributed by atoms with Gasteiger partial charge in [0.25, 0.3) is 10.1 Å². The lowest BCUT2D eigenvalue weighted by Crippen LogP contribution is -2.32. The average Bonchev–Trinajstić information content (AvgIpc) is 1.97. The highest BCUT2D eigenvalue weighted by atomic mass is 32.2. The third-order valence-electron chi connectivity index (χ3n) is 1.73. The van der Waals surface area contributed by atoms with E-state index in [0.29, 0.717) is 0 Å². The number of aliphatic hydroxyl groups is 1. The molecule has 0 aliphatic carbocycles. The average molecular weight is 197 g/mol. The molecule has 1 unspecified atom stereocenters. The van der Waals surface area contributed by atoms with Crippen LogP contribution in [0, 0.1) is 5.92 Å². The molecule has 4 N–H and O–H groups in total. The number of aliphatic hydroxyl groups excluding tert-OH is 1. The second-order valence-electron chi connectivity index (χ2n) is 2.90. The highest BCUT2D eigenvalue weighted by Gasteiger charge is 2.14. The summed E-state index contributed by atoms with van der Waals surface area (Å²) in [5, 5.41) is 8.64. The van der Waals surface area contributed by atoms with Crippen LogP contribution in [-0.4, -0.2) is 36.5 Å². The maximum atomic E-state index is 10.3. The van der Waals surface area contributed by atoms with Crippen LogP contribution in [0.3, 0.4) is 0 Å². The van der Waals surface area contributed by atoms with Crippen LogP contribution < -0.4 is 5.73 Å². The number of hydrogen-bond donors (Lipinski definition) is 3. The first-order valence-corrected chi connectivity index (χ1v) is 5.29. The lowest BCUT2D eigenvalue weighted by molar-refractivity contribution is 0.214. The fraction of sp³-hybridized carbons (Fsp3) is 1.00. The largest absolute Gasteiger partial charge is 0.396 e. The van der Waals surface area contributed by atoms with Crippen molar-refractivity contribution < 1.29 is 18.1 Å². The summed E-state index contributed by atoms with van der Waals surface area (Å²) < 4.78 is 28.9. The second-order valence-corrected chi connectivity index (χ2v) is 4.47. The van der Waals surface area contributed by atoms with Crippen LogP contribution in [-0.2, 0) is 10.1 Å². The Labute approximate surface area is 72.3 Å². The Kier molecular flexibility index (Phi) is 4.69. The molecule has 0 rings (SSSR count). The van der Waals surface area contributed by atoms with Crippen LogP contribution in [0.2, 0.25) is 0 Å². The summed E-state index contributed by atoms with van der Waals surface area (Å²) in [7, 11) is -3.92. The predicted octanol–water partition coefficient (Wildman–Crippen LogP) is -0.780. The van der Waals surface area contributed by atoms with E-state index in [-0.39, 0.29) is 24.7 Å². The Balaban J connectivity index is 3.79. The van der Waals surface area contributed by atoms with Gasteiger partial charge in [0.2, 0.25) is 0 Å². The zero-order valence-electron chi connectivity index (χ0n) is 6.97. The van der Waals surface area contributed by atoms with Gasteiger partial charge in [-0.3, -0.25) is 4.55 Å². The maximum Gasteiger partial charge on any atom is 0.264 e. The molecule has 74 valence electrons. The van der Waals surface area contributed by atoms with Crippen molar-refractivity contribution in [2.45, 2.75) is 19.4 Å². The lowest BCUT2D eigenvalue weighted by atomic mass is 10.0. The van der Waals surface area contributed by atoms with E-state index in [9.17, 15) is 8.42 Å². The fourth-order valence-electron chi connectivity index (χ4n) is 0.705. The molecule has 0 radical (unpaired) electrons. The van der Waals surface area contributed by atoms with Crippen molar-refractivity contribution >= 4 is 10.1 Å². The third kappa shape index (κ3) is 5.48. The molecule has 5 nitrogen and oxygen atoms in total. The highest BCUT2D eigenvalue weighted by Crippen LogP contribution is 2.04. The Morgan fingerprint density at radius 1 is 1.50 bits per heavy atom. The van der Waals surface area contributed by atoms with Crippen molar-refractivity contribution in [3.05, 3.63) is 0 Å². The number of hydrogen-bond acceptors (Lipinski definition) is 4. The summed E-state index contributed by atoms with van der Waals surface area (Å²) in [5.74, 6) is -0.495. The van der Waals surface area contributed by atoms with Crippen LogP contribution in [0.15, 0.2) is 0 Å². The standard InChI is InChI=1S/C6H15NO4S/c1-5(4-8)6(7)2-3-12(9,10)11/h5-6,8H,2-4,7H2,1H3,(H,9,10,11)/t5-,6?/m0/s1. The van der Waals surface area contributed by atoms with Crippen molar-refractivity contribution in [3.63, 3.8) is 0 Å². The molecule has 2 atom stereocenters. The maximum absolute atomic E-state index is 10.3. The normalized spacial score (nSPS) is 17.3. The van der Waals surface area contributed by atoms with Crippen LogP contribution in [0.25, 0.3) is 0 Å². The van der Waals surface area contributed by atoms with Crippen molar-refractivity contribution in [1.29, 1.82) is 0 Å². The van der Waals surface area contributed by atoms with Gasteiger partial charge in [-0.15, -0.1) is 0 Å². The van der Waals surface area contributed by atoms with E-state index < -0.39 is 16.2 Å². The fourth-order valence-corrected chi connectivity index (χ4v) is 1.27. The molecule has 0 bridgehead atoms. The zero-order valence-corrected chi connectivity index (χ0v) is 7.79. The molecular formula is C6H15NO4S. The van der Waals surface area contributed by atoms with Gasteiger partial charge in [-0.05, 0) is 12.3 Å². The minimum Gasteiger partial charge on any atom is -0.396 e. The van der Waals surface area contributed by atoms with Gasteiger partial charge >= 0.3 is 0 Å². The summed E-state index contributed by atoms with van der Waals surface area (Å²) in [6.07, 6.45) is 0.167. The molecule has 0 aliphatic heterocycles. The second kappa shape index (κ2) is 4.76. The monoisotopic (exact) mass is 197 g/mol. The molecule has 0 amide bonds. The molecule has 0 aromatic carbocycles. The first kappa shape index (κ1) is 11.8. The summed E-state index contributed by atoms with van der Waals surface area (Å²) in [6, 6.07) is -0.392. The van der Waals surface area contributed by atoms with Gasteiger partial charge in [0, 0.05) is 12.6 Å². The third-order valence-corrected chi connectivity index (χ3v) is 2.48. The van der Waals surface area contributed by atoms with Gasteiger partial charge < -0.3 is 10.8 Å². The van der Waals surface area contributed by atoms with Gasteiger partial charge in [0.15, 0.2) is 0 Å². The molecule has 0 heterocycles. The molecule has 0 aromatic rings. The van der Waals surface area contributed by atoms with Gasteiger partial charge in [-0.25, -0.2) is 0 Å². The van der Waals surface area contributed by atoms with Crippen LogP contribution in [0.1, 0.15) is 13.3 Å². The number of rotatable bonds is 5. The molecule has 0 aromatic heterocycles. The summed E-state index contributed by atoms with van der Waals surface area (Å²) >= 11 is 0. The lowest BCUT2D eigenvalue weighted by Gasteiger charge is -2.16. The zero-order chi connectivity index (χ0) is 9.78. The van der Waals surface area contributed by atoms with Gasteiger partial charge in [0.05, 0.1) is 5.75 Å². The Hall–Kier alpha value is -0.170. The summed E-state index contributed by atoms with van der Waals surface area (Å²) in [5.41, 5.74) is 5.50. The van der Waals surface area contributed by atoms with E-state index in [1.165, 1.54) is 0 Å². The minimum absolute atomic E-state index is 0.0767. The minimum atomic E-state index is -3.92. The van der Waals surface area contributed by atoms with Gasteiger partial charge in [-0.2, -0.15) is 8.42 Å². The molecule has 12 heavy (non-hydrogen) atoms.